The van der Waals surface area contributed by atoms with Crippen LogP contribution in [0.3, 0.4) is 0 Å². The fourth-order valence-electron chi connectivity index (χ4n) is 2.09. The van der Waals surface area contributed by atoms with Gasteiger partial charge in [0.25, 0.3) is 0 Å². The number of rotatable bonds is 2. The van der Waals surface area contributed by atoms with E-state index in [1.54, 1.807) is 6.07 Å². The van der Waals surface area contributed by atoms with Crippen LogP contribution in [0.4, 0.5) is 0 Å². The van der Waals surface area contributed by atoms with Crippen molar-refractivity contribution in [3.05, 3.63) is 27.1 Å². The number of benzene rings is 1. The Labute approximate surface area is 118 Å². The maximum atomic E-state index is 11.9. The van der Waals surface area contributed by atoms with Crippen molar-refractivity contribution < 1.29 is 9.53 Å². The van der Waals surface area contributed by atoms with Gasteiger partial charge < -0.3 is 4.74 Å². The molecule has 0 aromatic heterocycles. The molecule has 0 N–H and O–H groups in total. The molecule has 92 valence electrons. The van der Waals surface area contributed by atoms with E-state index >= 15 is 0 Å². The summed E-state index contributed by atoms with van der Waals surface area (Å²) in [6.45, 7) is 0. The molecule has 0 amide bonds. The Hall–Kier alpha value is -0.350. The minimum atomic E-state index is -0.0901. The lowest BCUT2D eigenvalue weighted by atomic mass is 9.89. The summed E-state index contributed by atoms with van der Waals surface area (Å²) in [5.74, 6) is 0.593. The van der Waals surface area contributed by atoms with E-state index in [9.17, 15) is 4.79 Å². The molecule has 1 aromatic carbocycles. The van der Waals surface area contributed by atoms with Crippen LogP contribution in [0.5, 0.6) is 5.75 Å². The van der Waals surface area contributed by atoms with E-state index in [0.29, 0.717) is 5.75 Å². The van der Waals surface area contributed by atoms with Crippen molar-refractivity contribution in [3.63, 3.8) is 0 Å². The van der Waals surface area contributed by atoms with E-state index in [4.69, 9.17) is 4.74 Å². The summed E-state index contributed by atoms with van der Waals surface area (Å²) in [4.78, 5) is 11.9. The van der Waals surface area contributed by atoms with Crippen molar-refractivity contribution in [1.29, 1.82) is 0 Å². The molecule has 0 heterocycles. The third-order valence-corrected chi connectivity index (χ3v) is 4.16. The molecule has 0 atom stereocenters. The number of halogens is 2. The minimum absolute atomic E-state index is 0.0827. The molecule has 1 saturated carbocycles. The van der Waals surface area contributed by atoms with Gasteiger partial charge in [0.2, 0.25) is 0 Å². The molecule has 1 fully saturated rings. The summed E-state index contributed by atoms with van der Waals surface area (Å²) >= 11 is 6.76. The topological polar surface area (TPSA) is 26.3 Å². The molecule has 2 rings (SSSR count). The van der Waals surface area contributed by atoms with Gasteiger partial charge in [-0.2, -0.15) is 0 Å². The Balaban J connectivity index is 2.02. The van der Waals surface area contributed by atoms with Gasteiger partial charge in [0.15, 0.2) is 0 Å². The van der Waals surface area contributed by atoms with Gasteiger partial charge in [-0.3, -0.25) is 4.79 Å². The van der Waals surface area contributed by atoms with Crippen molar-refractivity contribution in [2.45, 2.75) is 32.1 Å². The van der Waals surface area contributed by atoms with E-state index < -0.39 is 0 Å². The second-order valence-electron chi connectivity index (χ2n) is 4.33. The number of esters is 1. The van der Waals surface area contributed by atoms with Crippen LogP contribution in [0, 0.1) is 5.92 Å². The van der Waals surface area contributed by atoms with E-state index in [1.165, 1.54) is 6.42 Å². The molecule has 0 saturated heterocycles. The van der Waals surface area contributed by atoms with Crippen LogP contribution >= 0.6 is 31.9 Å². The summed E-state index contributed by atoms with van der Waals surface area (Å²) in [6, 6.07) is 5.55. The quantitative estimate of drug-likeness (QED) is 0.563. The summed E-state index contributed by atoms with van der Waals surface area (Å²) in [7, 11) is 0. The van der Waals surface area contributed by atoms with Gasteiger partial charge in [-0.05, 0) is 47.0 Å². The van der Waals surface area contributed by atoms with Gasteiger partial charge in [-0.15, -0.1) is 0 Å². The molecule has 4 heteroatoms. The molecule has 1 aliphatic rings. The van der Waals surface area contributed by atoms with E-state index in [2.05, 4.69) is 31.9 Å². The van der Waals surface area contributed by atoms with Gasteiger partial charge in [-0.1, -0.05) is 35.2 Å². The van der Waals surface area contributed by atoms with Crippen molar-refractivity contribution in [2.24, 2.45) is 5.92 Å². The van der Waals surface area contributed by atoms with Crippen LogP contribution in [0.25, 0.3) is 0 Å². The zero-order chi connectivity index (χ0) is 12.3. The molecular formula is C13H14Br2O2. The molecule has 17 heavy (non-hydrogen) atoms. The Morgan fingerprint density at radius 1 is 1.18 bits per heavy atom. The molecular weight excluding hydrogens is 348 g/mol. The number of ether oxygens (including phenoxy) is 1. The molecule has 1 aromatic rings. The highest BCUT2D eigenvalue weighted by Crippen LogP contribution is 2.31. The van der Waals surface area contributed by atoms with Crippen molar-refractivity contribution in [3.8, 4) is 5.75 Å². The first-order valence-electron chi connectivity index (χ1n) is 5.83. The van der Waals surface area contributed by atoms with Gasteiger partial charge in [0.1, 0.15) is 5.75 Å². The second kappa shape index (κ2) is 6.01. The second-order valence-corrected chi connectivity index (χ2v) is 6.10. The zero-order valence-corrected chi connectivity index (χ0v) is 12.6. The van der Waals surface area contributed by atoms with E-state index in [0.717, 1.165) is 34.6 Å². The predicted molar refractivity (Wildman–Crippen MR) is 74.1 cm³/mol. The molecule has 0 spiro atoms. The lowest BCUT2D eigenvalue weighted by Gasteiger charge is -2.20. The summed E-state index contributed by atoms with van der Waals surface area (Å²) in [6.07, 6.45) is 5.45. The molecule has 0 aliphatic heterocycles. The van der Waals surface area contributed by atoms with Crippen LogP contribution in [0.2, 0.25) is 0 Å². The standard InChI is InChI=1S/C13H14Br2O2/c14-10-6-7-12(11(15)8-10)17-13(16)9-4-2-1-3-5-9/h6-9H,1-5H2. The summed E-state index contributed by atoms with van der Waals surface area (Å²) in [5.41, 5.74) is 0. The zero-order valence-electron chi connectivity index (χ0n) is 9.42. The average Bonchev–Trinajstić information content (AvgIpc) is 2.34. The molecule has 0 unspecified atom stereocenters. The first-order chi connectivity index (χ1) is 8.16. The molecule has 0 bridgehead atoms. The van der Waals surface area contributed by atoms with Crippen LogP contribution in [-0.4, -0.2) is 5.97 Å². The van der Waals surface area contributed by atoms with Crippen LogP contribution < -0.4 is 4.74 Å². The Morgan fingerprint density at radius 3 is 2.53 bits per heavy atom. The third-order valence-electron chi connectivity index (χ3n) is 3.04. The average molecular weight is 362 g/mol. The lowest BCUT2D eigenvalue weighted by molar-refractivity contribution is -0.140. The molecule has 0 radical (unpaired) electrons. The van der Waals surface area contributed by atoms with Crippen molar-refractivity contribution in [1.82, 2.24) is 0 Å². The normalized spacial score (nSPS) is 16.8. The smallest absolute Gasteiger partial charge is 0.314 e. The van der Waals surface area contributed by atoms with Gasteiger partial charge in [0.05, 0.1) is 10.4 Å². The fourth-order valence-corrected chi connectivity index (χ4v) is 3.22. The fraction of sp³-hybridized carbons (Fsp3) is 0.462. The van der Waals surface area contributed by atoms with Gasteiger partial charge in [0, 0.05) is 4.47 Å². The number of hydrogen-bond donors (Lipinski definition) is 0. The highest BCUT2D eigenvalue weighted by Gasteiger charge is 2.23. The SMILES string of the molecule is O=C(Oc1ccc(Br)cc1Br)C1CCCCC1. The number of hydrogen-bond acceptors (Lipinski definition) is 2. The third kappa shape index (κ3) is 3.55. The van der Waals surface area contributed by atoms with Gasteiger partial charge >= 0.3 is 5.97 Å². The van der Waals surface area contributed by atoms with Gasteiger partial charge in [-0.25, -0.2) is 0 Å². The lowest BCUT2D eigenvalue weighted by Crippen LogP contribution is -2.22. The predicted octanol–water partition coefficient (Wildman–Crippen LogP) is 4.70. The van der Waals surface area contributed by atoms with E-state index in [-0.39, 0.29) is 11.9 Å². The highest BCUT2D eigenvalue weighted by atomic mass is 79.9. The van der Waals surface area contributed by atoms with Crippen LogP contribution in [0.1, 0.15) is 32.1 Å². The monoisotopic (exact) mass is 360 g/mol. The Morgan fingerprint density at radius 2 is 1.88 bits per heavy atom. The van der Waals surface area contributed by atoms with Crippen LogP contribution in [0.15, 0.2) is 27.1 Å². The minimum Gasteiger partial charge on any atom is -0.425 e. The molecule has 2 nitrogen and oxygen atoms in total. The number of carbonyl (C=O) groups excluding carboxylic acids is 1. The Kier molecular flexibility index (Phi) is 4.62. The number of carbonyl (C=O) groups is 1. The maximum Gasteiger partial charge on any atom is 0.314 e. The van der Waals surface area contributed by atoms with Crippen molar-refractivity contribution >= 4 is 37.8 Å². The maximum absolute atomic E-state index is 11.9. The molecule has 1 aliphatic carbocycles. The highest BCUT2D eigenvalue weighted by molar-refractivity contribution is 9.11. The Bertz CT molecular complexity index is 412. The largest absolute Gasteiger partial charge is 0.425 e. The first kappa shape index (κ1) is 13.1. The van der Waals surface area contributed by atoms with Crippen LogP contribution in [-0.2, 0) is 4.79 Å². The summed E-state index contributed by atoms with van der Waals surface area (Å²) in [5, 5.41) is 0. The van der Waals surface area contributed by atoms with Crippen molar-refractivity contribution in [2.75, 3.05) is 0 Å². The van der Waals surface area contributed by atoms with E-state index in [1.807, 2.05) is 12.1 Å². The first-order valence-corrected chi connectivity index (χ1v) is 7.42. The summed E-state index contributed by atoms with van der Waals surface area (Å²) < 4.78 is 7.19.